The Bertz CT molecular complexity index is 157. The van der Waals surface area contributed by atoms with E-state index in [2.05, 4.69) is 19.2 Å². The third kappa shape index (κ3) is 2.94. The van der Waals surface area contributed by atoms with Crippen molar-refractivity contribution in [2.24, 2.45) is 0 Å². The molecule has 14 heavy (non-hydrogen) atoms. The molecule has 1 fully saturated rings. The minimum atomic E-state index is 0.0887. The highest BCUT2D eigenvalue weighted by Crippen LogP contribution is 2.31. The highest BCUT2D eigenvalue weighted by molar-refractivity contribution is 4.87. The van der Waals surface area contributed by atoms with Crippen LogP contribution in [0.4, 0.5) is 0 Å². The highest BCUT2D eigenvalue weighted by atomic mass is 16.5. The average molecular weight is 201 g/mol. The standard InChI is InChI=1S/C11H23NO2/c1-3-11(4-2)9-10(5-8-14-11)12-6-7-13/h10,12-13H,3-9H2,1-2H3. The first-order valence-corrected chi connectivity index (χ1v) is 5.74. The van der Waals surface area contributed by atoms with E-state index in [1.54, 1.807) is 0 Å². The molecule has 1 atom stereocenters. The smallest absolute Gasteiger partial charge is 0.0692 e. The lowest BCUT2D eigenvalue weighted by atomic mass is 9.86. The van der Waals surface area contributed by atoms with Crippen LogP contribution < -0.4 is 5.32 Å². The fraction of sp³-hybridized carbons (Fsp3) is 1.00. The summed E-state index contributed by atoms with van der Waals surface area (Å²) in [4.78, 5) is 0. The Kier molecular flexibility index (Phi) is 4.85. The van der Waals surface area contributed by atoms with E-state index in [4.69, 9.17) is 9.84 Å². The van der Waals surface area contributed by atoms with Gasteiger partial charge in [0.25, 0.3) is 0 Å². The van der Waals surface area contributed by atoms with Crippen LogP contribution in [0.2, 0.25) is 0 Å². The molecule has 1 aliphatic rings. The summed E-state index contributed by atoms with van der Waals surface area (Å²) in [5, 5.41) is 12.1. The summed E-state index contributed by atoms with van der Waals surface area (Å²) in [6.45, 7) is 6.16. The molecule has 2 N–H and O–H groups in total. The second kappa shape index (κ2) is 5.69. The first-order valence-electron chi connectivity index (χ1n) is 5.74. The van der Waals surface area contributed by atoms with Crippen LogP contribution in [0.1, 0.15) is 39.5 Å². The third-order valence-electron chi connectivity index (χ3n) is 3.33. The fourth-order valence-corrected chi connectivity index (χ4v) is 2.21. The number of aliphatic hydroxyl groups excluding tert-OH is 1. The van der Waals surface area contributed by atoms with Crippen LogP contribution in [0.25, 0.3) is 0 Å². The summed E-state index contributed by atoms with van der Waals surface area (Å²) in [5.74, 6) is 0. The van der Waals surface area contributed by atoms with Crippen LogP contribution in [-0.2, 0) is 4.74 Å². The molecule has 0 aromatic rings. The Morgan fingerprint density at radius 2 is 2.14 bits per heavy atom. The van der Waals surface area contributed by atoms with Crippen molar-refractivity contribution in [3.8, 4) is 0 Å². The number of ether oxygens (including phenoxy) is 1. The second-order valence-electron chi connectivity index (χ2n) is 4.11. The van der Waals surface area contributed by atoms with Crippen LogP contribution in [0.3, 0.4) is 0 Å². The van der Waals surface area contributed by atoms with Gasteiger partial charge >= 0.3 is 0 Å². The number of rotatable bonds is 5. The SMILES string of the molecule is CCC1(CC)CC(NCCO)CCO1. The maximum atomic E-state index is 8.75. The zero-order valence-corrected chi connectivity index (χ0v) is 9.38. The minimum Gasteiger partial charge on any atom is -0.395 e. The van der Waals surface area contributed by atoms with Crippen molar-refractivity contribution in [2.75, 3.05) is 19.8 Å². The molecule has 1 saturated heterocycles. The lowest BCUT2D eigenvalue weighted by Gasteiger charge is -2.40. The molecule has 3 heteroatoms. The lowest BCUT2D eigenvalue weighted by Crippen LogP contribution is -2.47. The summed E-state index contributed by atoms with van der Waals surface area (Å²) in [6, 6.07) is 0.524. The quantitative estimate of drug-likeness (QED) is 0.704. The summed E-state index contributed by atoms with van der Waals surface area (Å²) in [5.41, 5.74) is 0.0887. The van der Waals surface area contributed by atoms with Crippen molar-refractivity contribution in [1.82, 2.24) is 5.32 Å². The molecule has 84 valence electrons. The van der Waals surface area contributed by atoms with Crippen LogP contribution in [0, 0.1) is 0 Å². The Balaban J connectivity index is 2.41. The molecule has 1 aliphatic heterocycles. The topological polar surface area (TPSA) is 41.5 Å². The van der Waals surface area contributed by atoms with Crippen molar-refractivity contribution < 1.29 is 9.84 Å². The van der Waals surface area contributed by atoms with Crippen LogP contribution in [-0.4, -0.2) is 36.5 Å². The van der Waals surface area contributed by atoms with Gasteiger partial charge in [0.15, 0.2) is 0 Å². The van der Waals surface area contributed by atoms with Crippen molar-refractivity contribution >= 4 is 0 Å². The predicted molar refractivity (Wildman–Crippen MR) is 57.4 cm³/mol. The van der Waals surface area contributed by atoms with Gasteiger partial charge in [0.05, 0.1) is 12.2 Å². The van der Waals surface area contributed by atoms with Gasteiger partial charge in [-0.2, -0.15) is 0 Å². The molecule has 0 bridgehead atoms. The Morgan fingerprint density at radius 3 is 2.71 bits per heavy atom. The normalized spacial score (nSPS) is 26.4. The first kappa shape index (κ1) is 12.0. The number of aliphatic hydroxyl groups is 1. The molecular formula is C11H23NO2. The number of hydrogen-bond acceptors (Lipinski definition) is 3. The van der Waals surface area contributed by atoms with Crippen molar-refractivity contribution in [1.29, 1.82) is 0 Å². The molecule has 1 rings (SSSR count). The molecular weight excluding hydrogens is 178 g/mol. The van der Waals surface area contributed by atoms with E-state index < -0.39 is 0 Å². The van der Waals surface area contributed by atoms with E-state index in [1.807, 2.05) is 0 Å². The highest BCUT2D eigenvalue weighted by Gasteiger charge is 2.33. The maximum absolute atomic E-state index is 8.75. The van der Waals surface area contributed by atoms with Gasteiger partial charge < -0.3 is 15.2 Å². The predicted octanol–water partition coefficient (Wildman–Crippen LogP) is 1.31. The molecule has 0 saturated carbocycles. The average Bonchev–Trinajstić information content (AvgIpc) is 2.26. The number of nitrogens with one attached hydrogen (secondary N) is 1. The molecule has 0 radical (unpaired) electrons. The van der Waals surface area contributed by atoms with Crippen LogP contribution in [0.5, 0.6) is 0 Å². The van der Waals surface area contributed by atoms with Crippen molar-refractivity contribution in [3.63, 3.8) is 0 Å². The minimum absolute atomic E-state index is 0.0887. The van der Waals surface area contributed by atoms with Gasteiger partial charge in [0, 0.05) is 19.2 Å². The summed E-state index contributed by atoms with van der Waals surface area (Å²) in [6.07, 6.45) is 4.32. The van der Waals surface area contributed by atoms with E-state index in [9.17, 15) is 0 Å². The van der Waals surface area contributed by atoms with Gasteiger partial charge in [0.2, 0.25) is 0 Å². The summed E-state index contributed by atoms with van der Waals surface area (Å²) < 4.78 is 5.87. The largest absolute Gasteiger partial charge is 0.395 e. The molecule has 0 spiro atoms. The van der Waals surface area contributed by atoms with Gasteiger partial charge in [-0.1, -0.05) is 13.8 Å². The van der Waals surface area contributed by atoms with E-state index in [-0.39, 0.29) is 12.2 Å². The van der Waals surface area contributed by atoms with E-state index in [0.29, 0.717) is 12.6 Å². The Hall–Kier alpha value is -0.120. The third-order valence-corrected chi connectivity index (χ3v) is 3.33. The monoisotopic (exact) mass is 201 g/mol. The second-order valence-corrected chi connectivity index (χ2v) is 4.11. The zero-order chi connectivity index (χ0) is 10.4. The van der Waals surface area contributed by atoms with Gasteiger partial charge in [-0.25, -0.2) is 0 Å². The molecule has 3 nitrogen and oxygen atoms in total. The van der Waals surface area contributed by atoms with E-state index in [0.717, 1.165) is 32.3 Å². The molecule has 0 aromatic heterocycles. The van der Waals surface area contributed by atoms with Gasteiger partial charge in [-0.15, -0.1) is 0 Å². The zero-order valence-electron chi connectivity index (χ0n) is 9.38. The van der Waals surface area contributed by atoms with Crippen molar-refractivity contribution in [2.45, 2.75) is 51.2 Å². The Labute approximate surface area is 86.8 Å². The Morgan fingerprint density at radius 1 is 1.43 bits per heavy atom. The van der Waals surface area contributed by atoms with E-state index >= 15 is 0 Å². The van der Waals surface area contributed by atoms with Gasteiger partial charge in [-0.05, 0) is 25.7 Å². The molecule has 0 amide bonds. The summed E-state index contributed by atoms with van der Waals surface area (Å²) >= 11 is 0. The summed E-state index contributed by atoms with van der Waals surface area (Å²) in [7, 11) is 0. The van der Waals surface area contributed by atoms with Crippen LogP contribution >= 0.6 is 0 Å². The molecule has 1 heterocycles. The van der Waals surface area contributed by atoms with Gasteiger partial charge in [0.1, 0.15) is 0 Å². The lowest BCUT2D eigenvalue weighted by molar-refractivity contribution is -0.0932. The number of hydrogen-bond donors (Lipinski definition) is 2. The molecule has 1 unspecified atom stereocenters. The van der Waals surface area contributed by atoms with E-state index in [1.165, 1.54) is 0 Å². The van der Waals surface area contributed by atoms with Crippen LogP contribution in [0.15, 0.2) is 0 Å². The van der Waals surface area contributed by atoms with Gasteiger partial charge in [-0.3, -0.25) is 0 Å². The molecule has 0 aromatic carbocycles. The first-order chi connectivity index (χ1) is 6.76. The van der Waals surface area contributed by atoms with Crippen molar-refractivity contribution in [3.05, 3.63) is 0 Å². The molecule has 0 aliphatic carbocycles. The fourth-order valence-electron chi connectivity index (χ4n) is 2.21. The maximum Gasteiger partial charge on any atom is 0.0692 e.